The van der Waals surface area contributed by atoms with E-state index in [1.807, 2.05) is 76.5 Å². The van der Waals surface area contributed by atoms with Crippen LogP contribution in [0.4, 0.5) is 0 Å². The molecule has 312 valence electrons. The molecule has 6 heterocycles. The van der Waals surface area contributed by atoms with Crippen LogP contribution in [0.25, 0.3) is 51.9 Å². The van der Waals surface area contributed by atoms with Crippen molar-refractivity contribution in [2.45, 2.75) is 59.3 Å². The Balaban J connectivity index is 0.875. The fraction of sp³-hybridized carbons (Fsp3) is 0.184. The highest BCUT2D eigenvalue weighted by Gasteiger charge is 2.18. The van der Waals surface area contributed by atoms with Gasteiger partial charge in [-0.1, -0.05) is 72.8 Å². The summed E-state index contributed by atoms with van der Waals surface area (Å²) in [4.78, 5) is 32.0. The van der Waals surface area contributed by atoms with Gasteiger partial charge in [0.1, 0.15) is 23.2 Å². The summed E-state index contributed by atoms with van der Waals surface area (Å²) in [6, 6.07) is 31.7. The molecule has 0 spiro atoms. The Morgan fingerprint density at radius 2 is 0.841 bits per heavy atom. The van der Waals surface area contributed by atoms with Crippen LogP contribution in [0, 0.1) is 20.8 Å². The molecule has 10 rings (SSSR count). The van der Waals surface area contributed by atoms with E-state index >= 15 is 0 Å². The molecule has 14 heteroatoms. The molecule has 6 aromatic heterocycles. The summed E-state index contributed by atoms with van der Waals surface area (Å²) in [7, 11) is 0. The molecule has 3 N–H and O–H groups in total. The van der Waals surface area contributed by atoms with E-state index < -0.39 is 0 Å². The molecule has 0 fully saturated rings. The zero-order valence-corrected chi connectivity index (χ0v) is 35.4. The highest BCUT2D eigenvalue weighted by molar-refractivity contribution is 5.56. The molecule has 14 nitrogen and oxygen atoms in total. The average Bonchev–Trinajstić information content (AvgIpc) is 4.16. The van der Waals surface area contributed by atoms with Gasteiger partial charge in [-0.05, 0) is 91.6 Å². The quantitative estimate of drug-likeness (QED) is 0.0926. The minimum absolute atomic E-state index is 0.569. The molecule has 0 unspecified atom stereocenters. The van der Waals surface area contributed by atoms with E-state index in [4.69, 9.17) is 15.0 Å². The summed E-state index contributed by atoms with van der Waals surface area (Å²) < 4.78 is 6.18. The van der Waals surface area contributed by atoms with Crippen molar-refractivity contribution in [3.63, 3.8) is 0 Å². The van der Waals surface area contributed by atoms with Crippen LogP contribution in [0.3, 0.4) is 0 Å². The predicted molar refractivity (Wildman–Crippen MR) is 242 cm³/mol. The molecule has 0 radical (unpaired) electrons. The first kappa shape index (κ1) is 39.2. The molecule has 0 atom stereocenters. The van der Waals surface area contributed by atoms with Gasteiger partial charge in [-0.15, -0.1) is 0 Å². The Labute approximate surface area is 364 Å². The molecule has 10 aromatic rings. The third-order valence-electron chi connectivity index (χ3n) is 11.4. The number of imidazole rings is 4. The Kier molecular flexibility index (Phi) is 10.7. The van der Waals surface area contributed by atoms with Crippen LogP contribution in [-0.4, -0.2) is 69.0 Å². The lowest BCUT2D eigenvalue weighted by Gasteiger charge is -2.10. The Morgan fingerprint density at radius 1 is 0.444 bits per heavy atom. The van der Waals surface area contributed by atoms with Crippen LogP contribution in [-0.2, 0) is 38.5 Å². The van der Waals surface area contributed by atoms with Crippen molar-refractivity contribution in [2.75, 3.05) is 0 Å². The van der Waals surface area contributed by atoms with Gasteiger partial charge in [-0.25, -0.2) is 29.9 Å². The third kappa shape index (κ3) is 8.25. The summed E-state index contributed by atoms with van der Waals surface area (Å²) in [6.07, 6.45) is 17.7. The fourth-order valence-corrected chi connectivity index (χ4v) is 8.20. The van der Waals surface area contributed by atoms with E-state index in [1.54, 1.807) is 12.4 Å². The molecular formula is C49H46N14. The monoisotopic (exact) mass is 830 g/mol. The number of benzene rings is 4. The van der Waals surface area contributed by atoms with Gasteiger partial charge >= 0.3 is 0 Å². The van der Waals surface area contributed by atoms with E-state index in [2.05, 4.69) is 120 Å². The van der Waals surface area contributed by atoms with Crippen LogP contribution < -0.4 is 0 Å². The van der Waals surface area contributed by atoms with E-state index in [0.717, 1.165) is 82.9 Å². The van der Waals surface area contributed by atoms with Crippen molar-refractivity contribution in [1.82, 2.24) is 69.0 Å². The summed E-state index contributed by atoms with van der Waals surface area (Å²) >= 11 is 0. The number of aryl methyl sites for hydroxylation is 9. The topological polar surface area (TPSA) is 165 Å². The van der Waals surface area contributed by atoms with Crippen LogP contribution >= 0.6 is 0 Å². The van der Waals surface area contributed by atoms with Crippen LogP contribution in [0.1, 0.15) is 50.9 Å². The lowest BCUT2D eigenvalue weighted by atomic mass is 9.97. The molecule has 0 aliphatic rings. The minimum Gasteiger partial charge on any atom is -0.339 e. The Bertz CT molecular complexity index is 2810. The molecule has 63 heavy (non-hydrogen) atoms. The molecule has 4 aromatic carbocycles. The molecule has 0 amide bonds. The van der Waals surface area contributed by atoms with E-state index in [9.17, 15) is 0 Å². The maximum absolute atomic E-state index is 4.89. The molecule has 0 aliphatic carbocycles. The largest absolute Gasteiger partial charge is 0.339 e. The maximum Gasteiger partial charge on any atom is 0.217 e. The molecule has 0 bridgehead atoms. The number of hydrogen-bond donors (Lipinski definition) is 3. The van der Waals surface area contributed by atoms with Gasteiger partial charge in [0.05, 0.1) is 23.3 Å². The van der Waals surface area contributed by atoms with Crippen molar-refractivity contribution in [3.8, 4) is 51.9 Å². The molecule has 0 aliphatic heterocycles. The van der Waals surface area contributed by atoms with Crippen molar-refractivity contribution in [3.05, 3.63) is 185 Å². The predicted octanol–water partition coefficient (Wildman–Crippen LogP) is 8.48. The highest BCUT2D eigenvalue weighted by atomic mass is 15.3. The van der Waals surface area contributed by atoms with Gasteiger partial charge in [0.25, 0.3) is 0 Å². The third-order valence-corrected chi connectivity index (χ3v) is 11.4. The zero-order valence-electron chi connectivity index (χ0n) is 35.4. The summed E-state index contributed by atoms with van der Waals surface area (Å²) in [5.41, 5.74) is 11.2. The number of aromatic nitrogens is 14. The van der Waals surface area contributed by atoms with Crippen LogP contribution in [0.5, 0.6) is 0 Å². The second-order valence-electron chi connectivity index (χ2n) is 15.8. The number of aromatic amines is 3. The smallest absolute Gasteiger partial charge is 0.217 e. The summed E-state index contributed by atoms with van der Waals surface area (Å²) in [5, 5.41) is 15.5. The standard InChI is InChI=1S/C49H46N14/c1-32-10-4-7-13-39(32)61-25-22-50-47(61)38-31-53-42(54-38)19-16-35-28-36(17-20-43-55-45(59-57-43)48-51-23-26-62(48)40-14-8-5-11-33(40)2)30-37(29-35)18-21-44-56-46(60-58-44)49-52-24-27-63(49)41-15-9-6-12-34(41)3/h4-15,22-31H,16-21H2,1-3H3,(H,53,54)(H,55,57,59)(H,56,58,60). The lowest BCUT2D eigenvalue weighted by molar-refractivity contribution is 0.835. The van der Waals surface area contributed by atoms with Gasteiger partial charge in [0, 0.05) is 56.4 Å². The van der Waals surface area contributed by atoms with Crippen LogP contribution in [0.2, 0.25) is 0 Å². The second kappa shape index (κ2) is 17.2. The van der Waals surface area contributed by atoms with Gasteiger partial charge in [0.15, 0.2) is 17.5 Å². The lowest BCUT2D eigenvalue weighted by Crippen LogP contribution is -2.02. The van der Waals surface area contributed by atoms with Gasteiger partial charge < -0.3 is 4.98 Å². The normalized spacial score (nSPS) is 11.5. The van der Waals surface area contributed by atoms with Crippen molar-refractivity contribution < 1.29 is 0 Å². The molecular weight excluding hydrogens is 785 g/mol. The zero-order chi connectivity index (χ0) is 42.7. The van der Waals surface area contributed by atoms with E-state index in [-0.39, 0.29) is 0 Å². The van der Waals surface area contributed by atoms with Gasteiger partial charge in [-0.2, -0.15) is 10.2 Å². The first-order valence-corrected chi connectivity index (χ1v) is 21.2. The average molecular weight is 831 g/mol. The highest BCUT2D eigenvalue weighted by Crippen LogP contribution is 2.25. The molecule has 0 saturated carbocycles. The maximum atomic E-state index is 4.89. The number of hydrogen-bond acceptors (Lipinski definition) is 8. The van der Waals surface area contributed by atoms with Crippen LogP contribution in [0.15, 0.2) is 134 Å². The SMILES string of the molecule is Cc1ccccc1-n1ccnc1-c1n[nH]c(CCc2cc(CCc3nc(-c4nccn4-c4ccccc4C)n[nH]3)cc(CCc3ncc(-c4nccn4-c4ccccc4C)[nH]3)c2)n1. The number of nitrogens with zero attached hydrogens (tertiary/aromatic N) is 11. The van der Waals surface area contributed by atoms with E-state index in [0.29, 0.717) is 36.1 Å². The van der Waals surface area contributed by atoms with Crippen molar-refractivity contribution >= 4 is 0 Å². The van der Waals surface area contributed by atoms with Gasteiger partial charge in [-0.3, -0.25) is 23.9 Å². The Morgan fingerprint density at radius 3 is 1.29 bits per heavy atom. The second-order valence-corrected chi connectivity index (χ2v) is 15.8. The number of para-hydroxylation sites is 3. The number of rotatable bonds is 15. The number of H-pyrrole nitrogens is 3. The minimum atomic E-state index is 0.569. The van der Waals surface area contributed by atoms with E-state index in [1.165, 1.54) is 22.3 Å². The number of nitrogens with one attached hydrogen (secondary N) is 3. The first-order chi connectivity index (χ1) is 30.9. The summed E-state index contributed by atoms with van der Waals surface area (Å²) in [6.45, 7) is 6.29. The first-order valence-electron chi connectivity index (χ1n) is 21.2. The van der Waals surface area contributed by atoms with Crippen molar-refractivity contribution in [2.24, 2.45) is 0 Å². The van der Waals surface area contributed by atoms with Crippen molar-refractivity contribution in [1.29, 1.82) is 0 Å². The van der Waals surface area contributed by atoms with Gasteiger partial charge in [0.2, 0.25) is 11.6 Å². The summed E-state index contributed by atoms with van der Waals surface area (Å²) in [5.74, 6) is 5.89. The Hall–Kier alpha value is -8.00. The molecule has 0 saturated heterocycles. The fourth-order valence-electron chi connectivity index (χ4n) is 8.20.